The Labute approximate surface area is 189 Å². The number of carbonyl (C=O) groups is 1. The molecule has 0 radical (unpaired) electrons. The first-order valence-electron chi connectivity index (χ1n) is 10.7. The number of benzene rings is 2. The van der Waals surface area contributed by atoms with Gasteiger partial charge in [0.1, 0.15) is 6.04 Å². The summed E-state index contributed by atoms with van der Waals surface area (Å²) in [4.78, 5) is 12.9. The van der Waals surface area contributed by atoms with Crippen molar-refractivity contribution in [3.8, 4) is 5.69 Å². The summed E-state index contributed by atoms with van der Waals surface area (Å²) in [5.74, 6) is -0.190. The number of carbonyl (C=O) groups excluding carboxylic acids is 1. The third-order valence-electron chi connectivity index (χ3n) is 5.00. The van der Waals surface area contributed by atoms with Crippen molar-refractivity contribution in [1.29, 1.82) is 0 Å². The molecule has 0 spiro atoms. The highest BCUT2D eigenvalue weighted by molar-refractivity contribution is 7.89. The van der Waals surface area contributed by atoms with Crippen molar-refractivity contribution in [2.75, 3.05) is 6.54 Å². The molecule has 0 aliphatic heterocycles. The molecule has 170 valence electrons. The lowest BCUT2D eigenvalue weighted by molar-refractivity contribution is -0.123. The highest BCUT2D eigenvalue weighted by Gasteiger charge is 2.26. The molecule has 0 bridgehead atoms. The van der Waals surface area contributed by atoms with E-state index in [1.54, 1.807) is 28.9 Å². The van der Waals surface area contributed by atoms with Crippen molar-refractivity contribution in [2.45, 2.75) is 44.6 Å². The molecule has 0 saturated carbocycles. The highest BCUT2D eigenvalue weighted by Crippen LogP contribution is 2.13. The fourth-order valence-electron chi connectivity index (χ4n) is 3.31. The van der Waals surface area contributed by atoms with Crippen LogP contribution >= 0.6 is 0 Å². The smallest absolute Gasteiger partial charge is 0.241 e. The number of hydrogen-bond acceptors (Lipinski definition) is 4. The monoisotopic (exact) mass is 454 g/mol. The average molecular weight is 455 g/mol. The van der Waals surface area contributed by atoms with Gasteiger partial charge in [0, 0.05) is 19.2 Å². The Bertz CT molecular complexity index is 1120. The van der Waals surface area contributed by atoms with Crippen molar-refractivity contribution >= 4 is 15.9 Å². The van der Waals surface area contributed by atoms with Crippen molar-refractivity contribution in [3.05, 3.63) is 78.1 Å². The predicted octanol–water partition coefficient (Wildman–Crippen LogP) is 3.23. The fraction of sp³-hybridized carbons (Fsp3) is 0.333. The van der Waals surface area contributed by atoms with Gasteiger partial charge in [-0.25, -0.2) is 13.1 Å². The molecule has 32 heavy (non-hydrogen) atoms. The van der Waals surface area contributed by atoms with Crippen LogP contribution < -0.4 is 10.0 Å². The first kappa shape index (κ1) is 23.7. The maximum absolute atomic E-state index is 12.8. The van der Waals surface area contributed by atoms with Crippen LogP contribution in [-0.2, 0) is 21.2 Å². The first-order chi connectivity index (χ1) is 15.2. The zero-order chi connectivity index (χ0) is 23.1. The second kappa shape index (κ2) is 10.6. The Balaban J connectivity index is 1.60. The normalized spacial score (nSPS) is 12.6. The number of para-hydroxylation sites is 1. The molecule has 7 nitrogen and oxygen atoms in total. The predicted molar refractivity (Wildman–Crippen MR) is 125 cm³/mol. The molecule has 1 aromatic heterocycles. The largest absolute Gasteiger partial charge is 0.354 e. The summed E-state index contributed by atoms with van der Waals surface area (Å²) in [6.45, 7) is 6.17. The Morgan fingerprint density at radius 1 is 1.03 bits per heavy atom. The van der Waals surface area contributed by atoms with Gasteiger partial charge in [0.2, 0.25) is 15.9 Å². The van der Waals surface area contributed by atoms with E-state index in [9.17, 15) is 13.2 Å². The van der Waals surface area contributed by atoms with Gasteiger partial charge in [0.05, 0.1) is 16.3 Å². The Morgan fingerprint density at radius 2 is 1.72 bits per heavy atom. The maximum Gasteiger partial charge on any atom is 0.241 e. The van der Waals surface area contributed by atoms with Gasteiger partial charge in [0.25, 0.3) is 0 Å². The average Bonchev–Trinajstić information content (AvgIpc) is 3.22. The van der Waals surface area contributed by atoms with Crippen LogP contribution in [0.5, 0.6) is 0 Å². The lowest BCUT2D eigenvalue weighted by atomic mass is 10.0. The van der Waals surface area contributed by atoms with Gasteiger partial charge in [-0.15, -0.1) is 0 Å². The second-order valence-corrected chi connectivity index (χ2v) is 9.96. The second-order valence-electron chi connectivity index (χ2n) is 8.24. The van der Waals surface area contributed by atoms with Gasteiger partial charge >= 0.3 is 0 Å². The minimum atomic E-state index is -3.80. The molecule has 1 atom stereocenters. The SMILES string of the molecule is Cc1ccc(S(=O)(=O)NC(CC(C)C)C(=O)NCCc2ccn(-c3ccccc3)n2)cc1. The van der Waals surface area contributed by atoms with Crippen LogP contribution in [0.3, 0.4) is 0 Å². The van der Waals surface area contributed by atoms with E-state index in [0.717, 1.165) is 16.9 Å². The van der Waals surface area contributed by atoms with Gasteiger partial charge in [-0.1, -0.05) is 49.7 Å². The quantitative estimate of drug-likeness (QED) is 0.492. The Kier molecular flexibility index (Phi) is 7.82. The summed E-state index contributed by atoms with van der Waals surface area (Å²) in [7, 11) is -3.80. The maximum atomic E-state index is 12.8. The van der Waals surface area contributed by atoms with Crippen molar-refractivity contribution < 1.29 is 13.2 Å². The molecule has 1 heterocycles. The summed E-state index contributed by atoms with van der Waals surface area (Å²) in [5.41, 5.74) is 2.77. The van der Waals surface area contributed by atoms with E-state index < -0.39 is 16.1 Å². The van der Waals surface area contributed by atoms with Gasteiger partial charge in [0.15, 0.2) is 0 Å². The minimum Gasteiger partial charge on any atom is -0.354 e. The number of aryl methyl sites for hydroxylation is 1. The summed E-state index contributed by atoms with van der Waals surface area (Å²) in [5, 5.41) is 7.38. The van der Waals surface area contributed by atoms with Crippen LogP contribution in [-0.4, -0.2) is 36.7 Å². The van der Waals surface area contributed by atoms with Gasteiger partial charge in [-0.3, -0.25) is 4.79 Å². The molecule has 3 aromatic rings. The number of rotatable bonds is 10. The molecule has 0 aliphatic rings. The number of nitrogens with zero attached hydrogens (tertiary/aromatic N) is 2. The molecule has 3 rings (SSSR count). The number of nitrogens with one attached hydrogen (secondary N) is 2. The standard InChI is InChI=1S/C24H30N4O3S/c1-18(2)17-23(27-32(30,31)22-11-9-19(3)10-12-22)24(29)25-15-13-20-14-16-28(26-20)21-7-5-4-6-8-21/h4-12,14,16,18,23,27H,13,15,17H2,1-3H3,(H,25,29). The van der Waals surface area contributed by atoms with Crippen LogP contribution in [0, 0.1) is 12.8 Å². The number of sulfonamides is 1. The van der Waals surface area contributed by atoms with E-state index in [0.29, 0.717) is 19.4 Å². The van der Waals surface area contributed by atoms with Crippen LogP contribution in [0.2, 0.25) is 0 Å². The van der Waals surface area contributed by atoms with E-state index in [4.69, 9.17) is 0 Å². The van der Waals surface area contributed by atoms with Crippen molar-refractivity contribution in [3.63, 3.8) is 0 Å². The molecule has 0 fully saturated rings. The molecular weight excluding hydrogens is 424 g/mol. The van der Waals surface area contributed by atoms with Gasteiger partial charge in [-0.2, -0.15) is 9.82 Å². The third-order valence-corrected chi connectivity index (χ3v) is 6.49. The van der Waals surface area contributed by atoms with E-state index in [1.165, 1.54) is 0 Å². The van der Waals surface area contributed by atoms with E-state index in [-0.39, 0.29) is 16.7 Å². The summed E-state index contributed by atoms with van der Waals surface area (Å²) < 4.78 is 29.9. The molecule has 0 aliphatic carbocycles. The molecule has 2 aromatic carbocycles. The Morgan fingerprint density at radius 3 is 2.38 bits per heavy atom. The fourth-order valence-corrected chi connectivity index (χ4v) is 4.52. The minimum absolute atomic E-state index is 0.146. The molecule has 8 heteroatoms. The van der Waals surface area contributed by atoms with Gasteiger partial charge < -0.3 is 5.32 Å². The van der Waals surface area contributed by atoms with E-state index in [2.05, 4.69) is 15.1 Å². The van der Waals surface area contributed by atoms with Gasteiger partial charge in [-0.05, 0) is 49.6 Å². The number of amides is 1. The van der Waals surface area contributed by atoms with E-state index in [1.807, 2.05) is 63.4 Å². The summed E-state index contributed by atoms with van der Waals surface area (Å²) in [6.07, 6.45) is 2.83. The molecule has 0 saturated heterocycles. The van der Waals surface area contributed by atoms with Crippen LogP contribution in [0.25, 0.3) is 5.69 Å². The van der Waals surface area contributed by atoms with Crippen molar-refractivity contribution in [2.24, 2.45) is 5.92 Å². The van der Waals surface area contributed by atoms with Crippen LogP contribution in [0.1, 0.15) is 31.5 Å². The molecule has 2 N–H and O–H groups in total. The zero-order valence-corrected chi connectivity index (χ0v) is 19.5. The molecular formula is C24H30N4O3S. The van der Waals surface area contributed by atoms with Crippen molar-refractivity contribution in [1.82, 2.24) is 19.8 Å². The number of aromatic nitrogens is 2. The van der Waals surface area contributed by atoms with Crippen LogP contribution in [0.15, 0.2) is 71.8 Å². The topological polar surface area (TPSA) is 93.1 Å². The lowest BCUT2D eigenvalue weighted by Crippen LogP contribution is -2.47. The Hall–Kier alpha value is -2.97. The molecule has 1 amide bonds. The zero-order valence-electron chi connectivity index (χ0n) is 18.7. The summed E-state index contributed by atoms with van der Waals surface area (Å²) >= 11 is 0. The molecule has 1 unspecified atom stereocenters. The number of hydrogen-bond donors (Lipinski definition) is 2. The lowest BCUT2D eigenvalue weighted by Gasteiger charge is -2.20. The van der Waals surface area contributed by atoms with Crippen LogP contribution in [0.4, 0.5) is 0 Å². The third kappa shape index (κ3) is 6.51. The summed E-state index contributed by atoms with van der Waals surface area (Å²) in [6, 6.07) is 17.4. The highest BCUT2D eigenvalue weighted by atomic mass is 32.2. The van der Waals surface area contributed by atoms with E-state index >= 15 is 0 Å². The first-order valence-corrected chi connectivity index (χ1v) is 12.2.